The molecule has 1 N–H and O–H groups in total. The minimum absolute atomic E-state index is 0.870. The van der Waals surface area contributed by atoms with E-state index in [4.69, 9.17) is 0 Å². The van der Waals surface area contributed by atoms with Gasteiger partial charge in [0.2, 0.25) is 0 Å². The van der Waals surface area contributed by atoms with E-state index in [0.29, 0.717) is 0 Å². The third kappa shape index (κ3) is 3.24. The van der Waals surface area contributed by atoms with Crippen LogP contribution in [0.1, 0.15) is 46.0 Å². The molecule has 1 nitrogen and oxygen atoms in total. The Morgan fingerprint density at radius 1 is 1.45 bits per heavy atom. The molecular weight excluding hydrogens is 134 g/mol. The fourth-order valence-electron chi connectivity index (χ4n) is 1.58. The van der Waals surface area contributed by atoms with Gasteiger partial charge in [0.25, 0.3) is 0 Å². The predicted molar refractivity (Wildman–Crippen MR) is 49.7 cm³/mol. The predicted octanol–water partition coefficient (Wildman–Crippen LogP) is 2.56. The lowest BCUT2D eigenvalue weighted by Gasteiger charge is -2.27. The largest absolute Gasteiger partial charge is 0.314 e. The van der Waals surface area contributed by atoms with E-state index in [2.05, 4.69) is 19.2 Å². The van der Waals surface area contributed by atoms with Crippen LogP contribution in [0.3, 0.4) is 0 Å². The van der Waals surface area contributed by atoms with Crippen molar-refractivity contribution in [3.05, 3.63) is 0 Å². The summed E-state index contributed by atoms with van der Waals surface area (Å²) in [7, 11) is 0. The molecule has 0 bridgehead atoms. The Morgan fingerprint density at radius 2 is 2.18 bits per heavy atom. The normalized spacial score (nSPS) is 21.3. The topological polar surface area (TPSA) is 12.0 Å². The Morgan fingerprint density at radius 3 is 2.64 bits per heavy atom. The SMILES string of the molecule is CCCC(C)CNC1CCC1. The van der Waals surface area contributed by atoms with E-state index < -0.39 is 0 Å². The summed E-state index contributed by atoms with van der Waals surface area (Å²) in [6, 6.07) is 0.870. The monoisotopic (exact) mass is 155 g/mol. The Hall–Kier alpha value is -0.0400. The summed E-state index contributed by atoms with van der Waals surface area (Å²) in [5.74, 6) is 0.876. The Balaban J connectivity index is 1.92. The molecule has 0 aromatic rings. The molecule has 0 aliphatic heterocycles. The van der Waals surface area contributed by atoms with Crippen LogP contribution < -0.4 is 5.32 Å². The van der Waals surface area contributed by atoms with Crippen molar-refractivity contribution >= 4 is 0 Å². The fraction of sp³-hybridized carbons (Fsp3) is 1.00. The smallest absolute Gasteiger partial charge is 0.00671 e. The van der Waals surface area contributed by atoms with Crippen molar-refractivity contribution in [2.75, 3.05) is 6.54 Å². The number of rotatable bonds is 5. The summed E-state index contributed by atoms with van der Waals surface area (Å²) in [6.07, 6.45) is 6.98. The molecule has 0 heterocycles. The molecule has 0 aromatic carbocycles. The number of hydrogen-bond donors (Lipinski definition) is 1. The van der Waals surface area contributed by atoms with Crippen LogP contribution in [0, 0.1) is 5.92 Å². The van der Waals surface area contributed by atoms with E-state index in [-0.39, 0.29) is 0 Å². The average Bonchev–Trinajstić information content (AvgIpc) is 1.85. The Kier molecular flexibility index (Phi) is 3.92. The second-order valence-corrected chi connectivity index (χ2v) is 3.93. The van der Waals surface area contributed by atoms with Gasteiger partial charge in [0.15, 0.2) is 0 Å². The van der Waals surface area contributed by atoms with Crippen LogP contribution in [0.15, 0.2) is 0 Å². The average molecular weight is 155 g/mol. The standard InChI is InChI=1S/C10H21N/c1-3-5-9(2)8-11-10-6-4-7-10/h9-11H,3-8H2,1-2H3. The third-order valence-electron chi connectivity index (χ3n) is 2.64. The number of nitrogens with one attached hydrogen (secondary N) is 1. The lowest BCUT2D eigenvalue weighted by Crippen LogP contribution is -2.37. The van der Waals surface area contributed by atoms with Gasteiger partial charge in [0.1, 0.15) is 0 Å². The molecule has 1 fully saturated rings. The van der Waals surface area contributed by atoms with Crippen LogP contribution in [-0.4, -0.2) is 12.6 Å². The molecule has 1 heteroatoms. The minimum atomic E-state index is 0.870. The van der Waals surface area contributed by atoms with E-state index in [0.717, 1.165) is 12.0 Å². The van der Waals surface area contributed by atoms with Gasteiger partial charge in [0, 0.05) is 6.04 Å². The molecule has 66 valence electrons. The minimum Gasteiger partial charge on any atom is -0.314 e. The van der Waals surface area contributed by atoms with Crippen molar-refractivity contribution < 1.29 is 0 Å². The zero-order chi connectivity index (χ0) is 8.10. The maximum atomic E-state index is 3.60. The van der Waals surface area contributed by atoms with Crippen LogP contribution in [0.5, 0.6) is 0 Å². The molecule has 0 spiro atoms. The highest BCUT2D eigenvalue weighted by atomic mass is 14.9. The van der Waals surface area contributed by atoms with Gasteiger partial charge in [-0.15, -0.1) is 0 Å². The summed E-state index contributed by atoms with van der Waals surface area (Å²) >= 11 is 0. The van der Waals surface area contributed by atoms with Crippen molar-refractivity contribution in [2.24, 2.45) is 5.92 Å². The Bertz CT molecular complexity index is 97.0. The van der Waals surface area contributed by atoms with Gasteiger partial charge in [-0.05, 0) is 31.7 Å². The van der Waals surface area contributed by atoms with Crippen molar-refractivity contribution in [3.63, 3.8) is 0 Å². The molecule has 1 aliphatic carbocycles. The van der Waals surface area contributed by atoms with Crippen LogP contribution in [-0.2, 0) is 0 Å². The highest BCUT2D eigenvalue weighted by Gasteiger charge is 2.16. The third-order valence-corrected chi connectivity index (χ3v) is 2.64. The molecule has 0 saturated heterocycles. The first-order valence-corrected chi connectivity index (χ1v) is 5.06. The molecule has 11 heavy (non-hydrogen) atoms. The van der Waals surface area contributed by atoms with Crippen molar-refractivity contribution in [1.29, 1.82) is 0 Å². The van der Waals surface area contributed by atoms with E-state index >= 15 is 0 Å². The van der Waals surface area contributed by atoms with Crippen LogP contribution in [0.25, 0.3) is 0 Å². The van der Waals surface area contributed by atoms with Gasteiger partial charge in [-0.2, -0.15) is 0 Å². The van der Waals surface area contributed by atoms with E-state index in [9.17, 15) is 0 Å². The summed E-state index contributed by atoms with van der Waals surface area (Å²) in [5.41, 5.74) is 0. The lowest BCUT2D eigenvalue weighted by molar-refractivity contribution is 0.316. The maximum absolute atomic E-state index is 3.60. The zero-order valence-corrected chi connectivity index (χ0v) is 7.90. The zero-order valence-electron chi connectivity index (χ0n) is 7.90. The summed E-state index contributed by atoms with van der Waals surface area (Å²) in [4.78, 5) is 0. The Labute approximate surface area is 70.6 Å². The summed E-state index contributed by atoms with van der Waals surface area (Å²) in [5, 5.41) is 3.60. The molecule has 0 aromatic heterocycles. The van der Waals surface area contributed by atoms with Crippen LogP contribution >= 0.6 is 0 Å². The second kappa shape index (κ2) is 4.76. The van der Waals surface area contributed by atoms with E-state index in [1.807, 2.05) is 0 Å². The highest BCUT2D eigenvalue weighted by Crippen LogP contribution is 2.18. The quantitative estimate of drug-likeness (QED) is 0.643. The molecule has 1 saturated carbocycles. The summed E-state index contributed by atoms with van der Waals surface area (Å²) < 4.78 is 0. The van der Waals surface area contributed by atoms with Crippen molar-refractivity contribution in [3.8, 4) is 0 Å². The van der Waals surface area contributed by atoms with Gasteiger partial charge in [0.05, 0.1) is 0 Å². The van der Waals surface area contributed by atoms with Crippen molar-refractivity contribution in [1.82, 2.24) is 5.32 Å². The molecule has 0 radical (unpaired) electrons. The first-order valence-electron chi connectivity index (χ1n) is 5.06. The molecule has 1 rings (SSSR count). The van der Waals surface area contributed by atoms with Gasteiger partial charge >= 0.3 is 0 Å². The molecular formula is C10H21N. The highest BCUT2D eigenvalue weighted by molar-refractivity contribution is 4.76. The fourth-order valence-corrected chi connectivity index (χ4v) is 1.58. The van der Waals surface area contributed by atoms with Gasteiger partial charge < -0.3 is 5.32 Å². The number of hydrogen-bond acceptors (Lipinski definition) is 1. The first kappa shape index (κ1) is 9.05. The molecule has 1 aliphatic rings. The summed E-state index contributed by atoms with van der Waals surface area (Å²) in [6.45, 7) is 5.84. The molecule has 1 atom stereocenters. The second-order valence-electron chi connectivity index (χ2n) is 3.93. The van der Waals surface area contributed by atoms with E-state index in [1.165, 1.54) is 38.6 Å². The molecule has 1 unspecified atom stereocenters. The maximum Gasteiger partial charge on any atom is 0.00671 e. The lowest BCUT2D eigenvalue weighted by atomic mass is 9.92. The first-order chi connectivity index (χ1) is 5.33. The van der Waals surface area contributed by atoms with Crippen LogP contribution in [0.4, 0.5) is 0 Å². The van der Waals surface area contributed by atoms with Crippen molar-refractivity contribution in [2.45, 2.75) is 52.0 Å². The molecule has 0 amide bonds. The van der Waals surface area contributed by atoms with Gasteiger partial charge in [-0.25, -0.2) is 0 Å². The van der Waals surface area contributed by atoms with Gasteiger partial charge in [-0.1, -0.05) is 26.7 Å². The van der Waals surface area contributed by atoms with Gasteiger partial charge in [-0.3, -0.25) is 0 Å². The van der Waals surface area contributed by atoms with E-state index in [1.54, 1.807) is 0 Å². The van der Waals surface area contributed by atoms with Crippen LogP contribution in [0.2, 0.25) is 0 Å².